The number of hydroxylamine groups is 2. The summed E-state index contributed by atoms with van der Waals surface area (Å²) in [5, 5.41) is 11.8. The largest absolute Gasteiger partial charge is 0.490 e. The van der Waals surface area contributed by atoms with Gasteiger partial charge in [0.1, 0.15) is 29.3 Å². The van der Waals surface area contributed by atoms with E-state index >= 15 is 0 Å². The van der Waals surface area contributed by atoms with Gasteiger partial charge in [-0.05, 0) is 17.7 Å². The Morgan fingerprint density at radius 3 is 2.59 bits per heavy atom. The fraction of sp³-hybridized carbons (Fsp3) is 0.357. The third-order valence-electron chi connectivity index (χ3n) is 6.01. The van der Waals surface area contributed by atoms with Crippen LogP contribution in [0.2, 0.25) is 0 Å². The topological polar surface area (TPSA) is 97.7 Å². The van der Waals surface area contributed by atoms with Gasteiger partial charge in [0.15, 0.2) is 0 Å². The third kappa shape index (κ3) is 7.00. The number of carbonyl (C=O) groups is 1. The molecular weight excluding hydrogens is 470 g/mol. The Labute approximate surface area is 217 Å². The molecule has 0 aliphatic carbocycles. The number of aryl methyl sites for hydroxylation is 1. The summed E-state index contributed by atoms with van der Waals surface area (Å²) in [5.74, 6) is 3.20. The molecule has 37 heavy (non-hydrogen) atoms. The van der Waals surface area contributed by atoms with Crippen molar-refractivity contribution in [2.45, 2.75) is 51.7 Å². The van der Waals surface area contributed by atoms with E-state index < -0.39 is 0 Å². The number of piperidine rings is 1. The lowest BCUT2D eigenvalue weighted by Crippen LogP contribution is -2.37. The number of ether oxygens (including phenoxy) is 1. The van der Waals surface area contributed by atoms with Crippen molar-refractivity contribution in [1.29, 1.82) is 0 Å². The summed E-state index contributed by atoms with van der Waals surface area (Å²) < 4.78 is 7.78. The molecule has 1 atom stereocenters. The molecule has 4 rings (SSSR count). The minimum Gasteiger partial charge on any atom is -0.490 e. The summed E-state index contributed by atoms with van der Waals surface area (Å²) >= 11 is 0. The Bertz CT molecular complexity index is 1280. The Balaban J connectivity index is 1.31. The molecule has 1 fully saturated rings. The first-order valence-corrected chi connectivity index (χ1v) is 12.3. The number of nitrogens with zero attached hydrogens (tertiary/aromatic N) is 3. The smallest absolute Gasteiger partial charge is 0.324 e. The number of nitrogens with one attached hydrogen (secondary N) is 2. The van der Waals surface area contributed by atoms with E-state index in [2.05, 4.69) is 36.5 Å². The molecule has 1 aliphatic rings. The summed E-state index contributed by atoms with van der Waals surface area (Å²) in [6, 6.07) is 18.4. The minimum absolute atomic E-state index is 0.122. The zero-order valence-electron chi connectivity index (χ0n) is 21.7. The van der Waals surface area contributed by atoms with Crippen LogP contribution < -0.4 is 15.4 Å². The normalized spacial score (nSPS) is 15.7. The summed E-state index contributed by atoms with van der Waals surface area (Å²) in [6.07, 6.45) is 0.851. The standard InChI is InChI=1S/C28H33N5O4/c1-28(2,3)25-17-26(32(4)31-25)30-27(35)29-21-11-8-12-23(15-21)37-24-13-14-33(22(16-24)18-34)36-19-20-9-6-5-7-10-20/h5-12,15,17,24H,13-14,16,19H2,1-4H3,(H2,29,30,35). The second kappa shape index (κ2) is 11.3. The van der Waals surface area contributed by atoms with E-state index in [4.69, 9.17) is 9.57 Å². The molecule has 9 heteroatoms. The first-order chi connectivity index (χ1) is 17.7. The molecule has 2 N–H and O–H groups in total. The predicted molar refractivity (Wildman–Crippen MR) is 142 cm³/mol. The van der Waals surface area contributed by atoms with E-state index in [0.29, 0.717) is 48.9 Å². The molecule has 194 valence electrons. The first-order valence-electron chi connectivity index (χ1n) is 12.3. The average molecular weight is 504 g/mol. The van der Waals surface area contributed by atoms with Gasteiger partial charge in [-0.3, -0.25) is 14.8 Å². The van der Waals surface area contributed by atoms with Gasteiger partial charge in [-0.25, -0.2) is 14.7 Å². The number of hydrogen-bond donors (Lipinski definition) is 2. The van der Waals surface area contributed by atoms with Crippen molar-refractivity contribution < 1.29 is 19.2 Å². The van der Waals surface area contributed by atoms with Crippen LogP contribution in [-0.4, -0.2) is 39.5 Å². The summed E-state index contributed by atoms with van der Waals surface area (Å²) in [4.78, 5) is 30.0. The second-order valence-corrected chi connectivity index (χ2v) is 10.0. The van der Waals surface area contributed by atoms with Crippen molar-refractivity contribution in [2.75, 3.05) is 17.2 Å². The van der Waals surface area contributed by atoms with E-state index in [9.17, 15) is 9.59 Å². The van der Waals surface area contributed by atoms with Gasteiger partial charge in [0.25, 0.3) is 0 Å². The zero-order chi connectivity index (χ0) is 26.4. The molecule has 2 heterocycles. The molecule has 1 saturated heterocycles. The molecule has 2 amide bonds. The van der Waals surface area contributed by atoms with E-state index in [-0.39, 0.29) is 17.6 Å². The molecule has 0 radical (unpaired) electrons. The number of rotatable bonds is 7. The number of hydrogen-bond acceptors (Lipinski definition) is 6. The van der Waals surface area contributed by atoms with Crippen LogP contribution in [0.25, 0.3) is 0 Å². The lowest BCUT2D eigenvalue weighted by atomic mass is 9.92. The molecule has 1 aromatic heterocycles. The number of anilines is 2. The summed E-state index contributed by atoms with van der Waals surface area (Å²) in [6.45, 7) is 7.10. The van der Waals surface area contributed by atoms with Gasteiger partial charge in [0.05, 0.1) is 12.3 Å². The minimum atomic E-state index is -0.379. The van der Waals surface area contributed by atoms with Crippen LogP contribution in [0.5, 0.6) is 5.75 Å². The van der Waals surface area contributed by atoms with Gasteiger partial charge in [-0.1, -0.05) is 57.2 Å². The Morgan fingerprint density at radius 2 is 1.89 bits per heavy atom. The quantitative estimate of drug-likeness (QED) is 0.438. The number of carbonyl (C=O) groups excluding carboxylic acids is 2. The van der Waals surface area contributed by atoms with Crippen LogP contribution in [0.15, 0.2) is 66.4 Å². The van der Waals surface area contributed by atoms with Crippen LogP contribution in [0.3, 0.4) is 0 Å². The summed E-state index contributed by atoms with van der Waals surface area (Å²) in [7, 11) is 1.79. The Morgan fingerprint density at radius 1 is 1.11 bits per heavy atom. The van der Waals surface area contributed by atoms with Crippen LogP contribution >= 0.6 is 0 Å². The maximum absolute atomic E-state index is 12.6. The molecule has 0 spiro atoms. The van der Waals surface area contributed by atoms with E-state index in [1.54, 1.807) is 35.0 Å². The van der Waals surface area contributed by atoms with Gasteiger partial charge in [-0.15, -0.1) is 0 Å². The maximum Gasteiger partial charge on any atom is 0.324 e. The van der Waals surface area contributed by atoms with Crippen molar-refractivity contribution in [3.05, 3.63) is 77.6 Å². The molecule has 9 nitrogen and oxygen atoms in total. The van der Waals surface area contributed by atoms with Crippen LogP contribution in [0.1, 0.15) is 44.9 Å². The van der Waals surface area contributed by atoms with E-state index in [1.807, 2.05) is 48.4 Å². The average Bonchev–Trinajstić information content (AvgIpc) is 3.24. The molecule has 2 aromatic carbocycles. The van der Waals surface area contributed by atoms with Gasteiger partial charge in [0, 0.05) is 49.7 Å². The van der Waals surface area contributed by atoms with Gasteiger partial charge >= 0.3 is 6.03 Å². The molecule has 1 unspecified atom stereocenters. The number of amides is 2. The SMILES string of the molecule is Cn1nc(C(C)(C)C)cc1NC(=O)Nc1cccc(OC2CCN(OCc3ccccc3)C(=C=O)C2)c1. The third-order valence-corrected chi connectivity index (χ3v) is 6.01. The van der Waals surface area contributed by atoms with Crippen molar-refractivity contribution in [1.82, 2.24) is 14.8 Å². The molecule has 0 saturated carbocycles. The highest BCUT2D eigenvalue weighted by molar-refractivity contribution is 5.99. The fourth-order valence-electron chi connectivity index (χ4n) is 3.95. The van der Waals surface area contributed by atoms with Crippen molar-refractivity contribution in [3.8, 4) is 5.75 Å². The predicted octanol–water partition coefficient (Wildman–Crippen LogP) is 5.05. The highest BCUT2D eigenvalue weighted by Gasteiger charge is 2.26. The van der Waals surface area contributed by atoms with Crippen molar-refractivity contribution >= 4 is 23.5 Å². The number of urea groups is 1. The van der Waals surface area contributed by atoms with Crippen molar-refractivity contribution in [2.24, 2.45) is 7.05 Å². The van der Waals surface area contributed by atoms with Crippen LogP contribution in [-0.2, 0) is 28.7 Å². The zero-order valence-corrected chi connectivity index (χ0v) is 21.7. The van der Waals surface area contributed by atoms with E-state index in [0.717, 1.165) is 11.3 Å². The number of aromatic nitrogens is 2. The Kier molecular flexibility index (Phi) is 7.96. The highest BCUT2D eigenvalue weighted by atomic mass is 16.7. The molecule has 0 bridgehead atoms. The maximum atomic E-state index is 12.6. The fourth-order valence-corrected chi connectivity index (χ4v) is 3.95. The monoisotopic (exact) mass is 503 g/mol. The van der Waals surface area contributed by atoms with Gasteiger partial charge in [-0.2, -0.15) is 5.10 Å². The van der Waals surface area contributed by atoms with Gasteiger partial charge in [0.2, 0.25) is 0 Å². The lowest BCUT2D eigenvalue weighted by molar-refractivity contribution is -0.158. The highest BCUT2D eigenvalue weighted by Crippen LogP contribution is 2.27. The molecule has 1 aliphatic heterocycles. The lowest BCUT2D eigenvalue weighted by Gasteiger charge is -2.33. The van der Waals surface area contributed by atoms with E-state index in [1.165, 1.54) is 0 Å². The summed E-state index contributed by atoms with van der Waals surface area (Å²) in [5.41, 5.74) is 2.80. The van der Waals surface area contributed by atoms with Gasteiger partial charge < -0.3 is 10.1 Å². The Hall–Kier alpha value is -4.07. The van der Waals surface area contributed by atoms with Crippen LogP contribution in [0, 0.1) is 0 Å². The van der Waals surface area contributed by atoms with Crippen LogP contribution in [0.4, 0.5) is 16.3 Å². The number of benzene rings is 2. The second-order valence-electron chi connectivity index (χ2n) is 10.0. The molecular formula is C28H33N5O4. The molecule has 3 aromatic rings. The van der Waals surface area contributed by atoms with Crippen molar-refractivity contribution in [3.63, 3.8) is 0 Å². The first kappa shape index (κ1) is 26.0.